The van der Waals surface area contributed by atoms with Gasteiger partial charge in [-0.1, -0.05) is 37.1 Å². The summed E-state index contributed by atoms with van der Waals surface area (Å²) in [5.74, 6) is -0.204. The first kappa shape index (κ1) is 22.6. The summed E-state index contributed by atoms with van der Waals surface area (Å²) >= 11 is 0. The maximum atomic E-state index is 13.2. The number of alkyl halides is 3. The molecule has 0 unspecified atom stereocenters. The summed E-state index contributed by atoms with van der Waals surface area (Å²) in [7, 11) is -5.56. The predicted octanol–water partition coefficient (Wildman–Crippen LogP) is 3.55. The number of nitrogens with one attached hydrogen (secondary N) is 1. The summed E-state index contributed by atoms with van der Waals surface area (Å²) in [5.41, 5.74) is -4.89. The van der Waals surface area contributed by atoms with Crippen LogP contribution < -0.4 is 4.72 Å². The highest BCUT2D eigenvalue weighted by atomic mass is 32.2. The fraction of sp³-hybridized carbons (Fsp3) is 0.550. The molecule has 0 radical (unpaired) electrons. The number of hydrogen-bond acceptors (Lipinski definition) is 4. The number of hydrogen-bond donors (Lipinski definition) is 2. The lowest BCUT2D eigenvalue weighted by molar-refractivity contribution is -0.131. The fourth-order valence-electron chi connectivity index (χ4n) is 4.38. The van der Waals surface area contributed by atoms with Gasteiger partial charge in [-0.2, -0.15) is 21.6 Å². The lowest BCUT2D eigenvalue weighted by Gasteiger charge is -2.41. The fourth-order valence-corrected chi connectivity index (χ4v) is 4.99. The SMILES string of the molecule is O=C1/C(=C\CCO)C2(CCCC2)CCN1Cc1ccccc1NS(=O)(=O)C(F)(F)F. The minimum Gasteiger partial charge on any atom is -0.396 e. The minimum absolute atomic E-state index is 0.0120. The Morgan fingerprint density at radius 1 is 1.17 bits per heavy atom. The topological polar surface area (TPSA) is 86.7 Å². The predicted molar refractivity (Wildman–Crippen MR) is 106 cm³/mol. The molecule has 1 aliphatic heterocycles. The molecule has 3 rings (SSSR count). The van der Waals surface area contributed by atoms with Gasteiger partial charge in [0.15, 0.2) is 0 Å². The average Bonchev–Trinajstić information content (AvgIpc) is 3.14. The summed E-state index contributed by atoms with van der Waals surface area (Å²) in [6.45, 7) is 0.354. The quantitative estimate of drug-likeness (QED) is 0.655. The number of para-hydroxylation sites is 1. The Bertz CT molecular complexity index is 922. The van der Waals surface area contributed by atoms with Gasteiger partial charge in [-0.25, -0.2) is 0 Å². The van der Waals surface area contributed by atoms with Crippen LogP contribution in [0.1, 0.15) is 44.1 Å². The van der Waals surface area contributed by atoms with Gasteiger partial charge in [0.1, 0.15) is 0 Å². The first-order valence-corrected chi connectivity index (χ1v) is 11.4. The Hall–Kier alpha value is -2.07. The molecule has 1 aromatic rings. The molecule has 1 heterocycles. The standard InChI is InChI=1S/C20H25F3N2O4S/c21-20(22,23)30(28,29)24-17-8-2-1-6-15(17)14-25-12-11-19(9-3-4-10-19)16(18(25)27)7-5-13-26/h1-2,6-8,24,26H,3-5,9-14H2/b16-7+. The number of anilines is 1. The molecule has 1 aliphatic carbocycles. The number of benzene rings is 1. The molecule has 10 heteroatoms. The Morgan fingerprint density at radius 2 is 1.83 bits per heavy atom. The number of nitrogens with zero attached hydrogens (tertiary/aromatic N) is 1. The second-order valence-corrected chi connectivity index (χ2v) is 9.48. The normalized spacial score (nSPS) is 20.9. The van der Waals surface area contributed by atoms with Crippen molar-refractivity contribution in [2.24, 2.45) is 5.41 Å². The molecule has 1 amide bonds. The number of aliphatic hydroxyl groups is 1. The van der Waals surface area contributed by atoms with Gasteiger partial charge in [0.25, 0.3) is 0 Å². The minimum atomic E-state index is -5.56. The van der Waals surface area contributed by atoms with Crippen molar-refractivity contribution in [2.75, 3.05) is 17.9 Å². The van der Waals surface area contributed by atoms with E-state index < -0.39 is 15.5 Å². The molecule has 6 nitrogen and oxygen atoms in total. The van der Waals surface area contributed by atoms with Crippen LogP contribution in [0.15, 0.2) is 35.9 Å². The van der Waals surface area contributed by atoms with Crippen molar-refractivity contribution < 1.29 is 31.5 Å². The number of sulfonamides is 1. The van der Waals surface area contributed by atoms with Gasteiger partial charge >= 0.3 is 15.5 Å². The molecule has 2 N–H and O–H groups in total. The number of likely N-dealkylation sites (tertiary alicyclic amines) is 1. The molecule has 2 fully saturated rings. The Kier molecular flexibility index (Phi) is 6.47. The third-order valence-corrected chi connectivity index (χ3v) is 7.01. The molecule has 0 atom stereocenters. The molecule has 166 valence electrons. The molecule has 1 saturated heterocycles. The number of amides is 1. The van der Waals surface area contributed by atoms with E-state index in [1.807, 2.05) is 0 Å². The van der Waals surface area contributed by atoms with Crippen LogP contribution >= 0.6 is 0 Å². The van der Waals surface area contributed by atoms with Crippen molar-refractivity contribution in [2.45, 2.75) is 50.6 Å². The summed E-state index contributed by atoms with van der Waals surface area (Å²) in [6, 6.07) is 5.75. The summed E-state index contributed by atoms with van der Waals surface area (Å²) in [4.78, 5) is 14.7. The smallest absolute Gasteiger partial charge is 0.396 e. The highest BCUT2D eigenvalue weighted by Gasteiger charge is 2.47. The van der Waals surface area contributed by atoms with E-state index in [1.54, 1.807) is 16.9 Å². The molecule has 0 aromatic heterocycles. The Balaban J connectivity index is 1.84. The first-order valence-electron chi connectivity index (χ1n) is 9.87. The van der Waals surface area contributed by atoms with Gasteiger partial charge in [-0.15, -0.1) is 0 Å². The summed E-state index contributed by atoms with van der Waals surface area (Å²) in [5, 5.41) is 9.20. The van der Waals surface area contributed by atoms with Crippen molar-refractivity contribution in [3.05, 3.63) is 41.5 Å². The number of rotatable bonds is 6. The Labute approximate surface area is 173 Å². The molecule has 30 heavy (non-hydrogen) atoms. The van der Waals surface area contributed by atoms with Crippen molar-refractivity contribution in [3.8, 4) is 0 Å². The van der Waals surface area contributed by atoms with E-state index >= 15 is 0 Å². The largest absolute Gasteiger partial charge is 0.516 e. The first-order chi connectivity index (χ1) is 14.1. The van der Waals surface area contributed by atoms with Crippen LogP contribution in [0, 0.1) is 5.41 Å². The number of piperidine rings is 1. The highest BCUT2D eigenvalue weighted by Crippen LogP contribution is 2.50. The van der Waals surface area contributed by atoms with E-state index in [0.29, 0.717) is 18.5 Å². The zero-order chi connectivity index (χ0) is 22.0. The lowest BCUT2D eigenvalue weighted by Crippen LogP contribution is -2.45. The van der Waals surface area contributed by atoms with Crippen LogP contribution in [0.4, 0.5) is 18.9 Å². The van der Waals surface area contributed by atoms with Crippen LogP contribution in [0.2, 0.25) is 0 Å². The van der Waals surface area contributed by atoms with Crippen LogP contribution in [0.25, 0.3) is 0 Å². The number of carbonyl (C=O) groups is 1. The zero-order valence-electron chi connectivity index (χ0n) is 16.4. The molecule has 0 bridgehead atoms. The second-order valence-electron chi connectivity index (χ2n) is 7.80. The molecule has 1 spiro atoms. The van der Waals surface area contributed by atoms with Crippen LogP contribution in [0.3, 0.4) is 0 Å². The van der Waals surface area contributed by atoms with E-state index in [2.05, 4.69) is 0 Å². The van der Waals surface area contributed by atoms with E-state index in [-0.39, 0.29) is 35.7 Å². The monoisotopic (exact) mass is 446 g/mol. The second kappa shape index (κ2) is 8.58. The van der Waals surface area contributed by atoms with Crippen molar-refractivity contribution in [1.82, 2.24) is 4.90 Å². The molecule has 1 aromatic carbocycles. The van der Waals surface area contributed by atoms with Gasteiger partial charge in [-0.05, 0) is 37.3 Å². The van der Waals surface area contributed by atoms with Gasteiger partial charge in [0, 0.05) is 30.7 Å². The van der Waals surface area contributed by atoms with Gasteiger partial charge in [-0.3, -0.25) is 9.52 Å². The van der Waals surface area contributed by atoms with E-state index in [4.69, 9.17) is 0 Å². The molecule has 1 saturated carbocycles. The summed E-state index contributed by atoms with van der Waals surface area (Å²) < 4.78 is 62.9. The molecule has 2 aliphatic rings. The number of carbonyl (C=O) groups excluding carboxylic acids is 1. The van der Waals surface area contributed by atoms with E-state index in [0.717, 1.165) is 32.1 Å². The van der Waals surface area contributed by atoms with Gasteiger partial charge < -0.3 is 10.0 Å². The highest BCUT2D eigenvalue weighted by molar-refractivity contribution is 7.93. The maximum Gasteiger partial charge on any atom is 0.516 e. The third kappa shape index (κ3) is 4.49. The van der Waals surface area contributed by atoms with E-state index in [9.17, 15) is 31.5 Å². The lowest BCUT2D eigenvalue weighted by atomic mass is 9.72. The molecular formula is C20H25F3N2O4S. The van der Waals surface area contributed by atoms with Crippen LogP contribution in [0.5, 0.6) is 0 Å². The van der Waals surface area contributed by atoms with E-state index in [1.165, 1.54) is 23.1 Å². The zero-order valence-corrected chi connectivity index (χ0v) is 17.2. The van der Waals surface area contributed by atoms with Gasteiger partial charge in [0.05, 0.1) is 5.69 Å². The number of halogens is 3. The van der Waals surface area contributed by atoms with Gasteiger partial charge in [0.2, 0.25) is 5.91 Å². The number of aliphatic hydroxyl groups excluding tert-OH is 1. The summed E-state index contributed by atoms with van der Waals surface area (Å²) in [6.07, 6.45) is 6.76. The van der Waals surface area contributed by atoms with Crippen molar-refractivity contribution in [3.63, 3.8) is 0 Å². The third-order valence-electron chi connectivity index (χ3n) is 5.92. The van der Waals surface area contributed by atoms with Crippen LogP contribution in [-0.2, 0) is 21.4 Å². The molecular weight excluding hydrogens is 421 g/mol. The maximum absolute atomic E-state index is 13.2. The average molecular weight is 446 g/mol. The van der Waals surface area contributed by atoms with Crippen molar-refractivity contribution >= 4 is 21.6 Å². The van der Waals surface area contributed by atoms with Crippen LogP contribution in [-0.4, -0.2) is 43.0 Å². The van der Waals surface area contributed by atoms with Crippen molar-refractivity contribution in [1.29, 1.82) is 0 Å². The Morgan fingerprint density at radius 3 is 2.47 bits per heavy atom.